The van der Waals surface area contributed by atoms with Gasteiger partial charge in [0.2, 0.25) is 0 Å². The number of nitrogens with zero attached hydrogens (tertiary/aromatic N) is 4. The molecule has 0 aliphatic carbocycles. The summed E-state index contributed by atoms with van der Waals surface area (Å²) in [5.41, 5.74) is 3.30. The molecule has 0 fully saturated rings. The molecule has 1 heterocycles. The molecule has 3 aromatic carbocycles. The molecule has 1 amide bonds. The first-order valence-corrected chi connectivity index (χ1v) is 10.5. The van der Waals surface area contributed by atoms with Crippen LogP contribution in [0.15, 0.2) is 95.2 Å². The Morgan fingerprint density at radius 3 is 2.42 bits per heavy atom. The van der Waals surface area contributed by atoms with Gasteiger partial charge in [-0.1, -0.05) is 60.3 Å². The zero-order chi connectivity index (χ0) is 21.5. The summed E-state index contributed by atoms with van der Waals surface area (Å²) in [5.74, 6) is -0.149. The molecule has 0 saturated carbocycles. The first kappa shape index (κ1) is 20.4. The lowest BCUT2D eigenvalue weighted by molar-refractivity contribution is 0.0948. The predicted molar refractivity (Wildman–Crippen MR) is 118 cm³/mol. The Labute approximate surface area is 184 Å². The van der Waals surface area contributed by atoms with Crippen molar-refractivity contribution in [1.82, 2.24) is 20.1 Å². The molecule has 1 aromatic heterocycles. The van der Waals surface area contributed by atoms with Gasteiger partial charge in [-0.15, -0.1) is 0 Å². The lowest BCUT2D eigenvalue weighted by Crippen LogP contribution is -2.23. The molecule has 0 spiro atoms. The van der Waals surface area contributed by atoms with Crippen LogP contribution in [-0.2, 0) is 13.1 Å². The normalized spacial score (nSPS) is 10.4. The lowest BCUT2D eigenvalue weighted by atomic mass is 10.1. The Morgan fingerprint density at radius 2 is 1.68 bits per heavy atom. The van der Waals surface area contributed by atoms with Crippen LogP contribution >= 0.6 is 11.8 Å². The minimum atomic E-state index is -0.149. The van der Waals surface area contributed by atoms with Crippen LogP contribution in [-0.4, -0.2) is 20.7 Å². The van der Waals surface area contributed by atoms with Gasteiger partial charge in [0.15, 0.2) is 0 Å². The van der Waals surface area contributed by atoms with E-state index in [1.54, 1.807) is 23.1 Å². The largest absolute Gasteiger partial charge is 0.348 e. The van der Waals surface area contributed by atoms with E-state index in [1.807, 2.05) is 60.7 Å². The topological polar surface area (TPSA) is 83.6 Å². The average Bonchev–Trinajstić information content (AvgIpc) is 3.32. The Hall–Kier alpha value is -3.89. The molecule has 0 aliphatic rings. The predicted octanol–water partition coefficient (Wildman–Crippen LogP) is 4.28. The molecule has 0 unspecified atom stereocenters. The molecular weight excluding hydrogens is 406 g/mol. The summed E-state index contributed by atoms with van der Waals surface area (Å²) in [7, 11) is 0. The van der Waals surface area contributed by atoms with Crippen molar-refractivity contribution in [2.75, 3.05) is 0 Å². The fourth-order valence-corrected chi connectivity index (χ4v) is 4.08. The third kappa shape index (κ3) is 5.18. The van der Waals surface area contributed by atoms with Gasteiger partial charge in [0.25, 0.3) is 5.91 Å². The van der Waals surface area contributed by atoms with Gasteiger partial charge in [0.1, 0.15) is 18.7 Å². The maximum absolute atomic E-state index is 12.9. The van der Waals surface area contributed by atoms with E-state index in [9.17, 15) is 10.1 Å². The van der Waals surface area contributed by atoms with E-state index >= 15 is 0 Å². The molecule has 6 nitrogen and oxygen atoms in total. The standard InChI is InChI=1S/C24H19N5OS/c25-13-20-5-1-3-7-22(20)31-23-8-4-2-6-21(23)24(30)27-14-18-9-11-19(12-10-18)15-29-17-26-16-28-29/h1-12,16-17H,14-15H2,(H,27,30). The third-order valence-corrected chi connectivity index (χ3v) is 5.80. The number of hydrogen-bond acceptors (Lipinski definition) is 5. The van der Waals surface area contributed by atoms with Crippen LogP contribution in [0.25, 0.3) is 0 Å². The Balaban J connectivity index is 1.42. The van der Waals surface area contributed by atoms with Crippen LogP contribution < -0.4 is 5.32 Å². The van der Waals surface area contributed by atoms with E-state index in [0.29, 0.717) is 24.2 Å². The van der Waals surface area contributed by atoms with E-state index in [-0.39, 0.29) is 5.91 Å². The summed E-state index contributed by atoms with van der Waals surface area (Å²) in [6, 6.07) is 25.0. The van der Waals surface area contributed by atoms with Crippen molar-refractivity contribution >= 4 is 17.7 Å². The highest BCUT2D eigenvalue weighted by Crippen LogP contribution is 2.32. The first-order chi connectivity index (χ1) is 15.2. The van der Waals surface area contributed by atoms with Crippen LogP contribution in [0.4, 0.5) is 0 Å². The number of nitriles is 1. The summed E-state index contributed by atoms with van der Waals surface area (Å²) in [5, 5.41) is 16.4. The smallest absolute Gasteiger partial charge is 0.252 e. The monoisotopic (exact) mass is 425 g/mol. The number of carbonyl (C=O) groups excluding carboxylic acids is 1. The van der Waals surface area contributed by atoms with Gasteiger partial charge in [0.05, 0.1) is 17.7 Å². The van der Waals surface area contributed by atoms with Gasteiger partial charge in [-0.25, -0.2) is 9.67 Å². The van der Waals surface area contributed by atoms with E-state index in [4.69, 9.17) is 0 Å². The summed E-state index contributed by atoms with van der Waals surface area (Å²) in [6.45, 7) is 1.08. The van der Waals surface area contributed by atoms with E-state index < -0.39 is 0 Å². The van der Waals surface area contributed by atoms with Gasteiger partial charge < -0.3 is 5.32 Å². The van der Waals surface area contributed by atoms with Crippen molar-refractivity contribution in [1.29, 1.82) is 5.26 Å². The summed E-state index contributed by atoms with van der Waals surface area (Å²) in [4.78, 5) is 18.4. The zero-order valence-electron chi connectivity index (χ0n) is 16.6. The average molecular weight is 426 g/mol. The molecule has 0 aliphatic heterocycles. The fourth-order valence-electron chi connectivity index (χ4n) is 3.05. The van der Waals surface area contributed by atoms with Gasteiger partial charge >= 0.3 is 0 Å². The molecule has 0 bridgehead atoms. The van der Waals surface area contributed by atoms with E-state index in [0.717, 1.165) is 20.9 Å². The summed E-state index contributed by atoms with van der Waals surface area (Å²) in [6.07, 6.45) is 3.19. The minimum Gasteiger partial charge on any atom is -0.348 e. The van der Waals surface area contributed by atoms with Crippen LogP contribution in [0.2, 0.25) is 0 Å². The second kappa shape index (κ2) is 9.74. The number of amides is 1. The number of aromatic nitrogens is 3. The number of nitrogens with one attached hydrogen (secondary N) is 1. The third-order valence-electron chi connectivity index (χ3n) is 4.65. The van der Waals surface area contributed by atoms with Gasteiger partial charge in [-0.3, -0.25) is 4.79 Å². The lowest BCUT2D eigenvalue weighted by Gasteiger charge is -2.11. The Bertz CT molecular complexity index is 1210. The van der Waals surface area contributed by atoms with Crippen molar-refractivity contribution < 1.29 is 4.79 Å². The molecule has 1 N–H and O–H groups in total. The minimum absolute atomic E-state index is 0.149. The van der Waals surface area contributed by atoms with Crippen molar-refractivity contribution in [2.24, 2.45) is 0 Å². The van der Waals surface area contributed by atoms with Gasteiger partial charge in [-0.05, 0) is 35.4 Å². The van der Waals surface area contributed by atoms with E-state index in [1.165, 1.54) is 18.1 Å². The SMILES string of the molecule is N#Cc1ccccc1Sc1ccccc1C(=O)NCc1ccc(Cn2cncn2)cc1. The second-order valence-corrected chi connectivity index (χ2v) is 7.88. The van der Waals surface area contributed by atoms with E-state index in [2.05, 4.69) is 21.5 Å². The number of rotatable bonds is 7. The van der Waals surface area contributed by atoms with Gasteiger partial charge in [-0.2, -0.15) is 10.4 Å². The van der Waals surface area contributed by atoms with Gasteiger partial charge in [0, 0.05) is 16.3 Å². The Morgan fingerprint density at radius 1 is 0.968 bits per heavy atom. The maximum Gasteiger partial charge on any atom is 0.252 e. The highest BCUT2D eigenvalue weighted by atomic mass is 32.2. The molecular formula is C24H19N5OS. The molecule has 4 rings (SSSR count). The maximum atomic E-state index is 12.9. The van der Waals surface area contributed by atoms with Crippen LogP contribution in [0.1, 0.15) is 27.0 Å². The first-order valence-electron chi connectivity index (χ1n) is 9.67. The van der Waals surface area contributed by atoms with Crippen molar-refractivity contribution in [3.8, 4) is 6.07 Å². The number of hydrogen-bond donors (Lipinski definition) is 1. The van der Waals surface area contributed by atoms with Crippen molar-refractivity contribution in [3.63, 3.8) is 0 Å². The molecule has 31 heavy (non-hydrogen) atoms. The van der Waals surface area contributed by atoms with Crippen LogP contribution in [0, 0.1) is 11.3 Å². The molecule has 7 heteroatoms. The quantitative estimate of drug-likeness (QED) is 0.478. The summed E-state index contributed by atoms with van der Waals surface area (Å²) >= 11 is 1.42. The Kier molecular flexibility index (Phi) is 6.41. The van der Waals surface area contributed by atoms with Crippen LogP contribution in [0.3, 0.4) is 0 Å². The highest BCUT2D eigenvalue weighted by molar-refractivity contribution is 7.99. The zero-order valence-corrected chi connectivity index (χ0v) is 17.4. The van der Waals surface area contributed by atoms with Crippen molar-refractivity contribution in [2.45, 2.75) is 22.9 Å². The summed E-state index contributed by atoms with van der Waals surface area (Å²) < 4.78 is 1.76. The fraction of sp³-hybridized carbons (Fsp3) is 0.0833. The van der Waals surface area contributed by atoms with Crippen molar-refractivity contribution in [3.05, 3.63) is 108 Å². The second-order valence-electron chi connectivity index (χ2n) is 6.80. The molecule has 0 atom stereocenters. The number of carbonyl (C=O) groups is 1. The van der Waals surface area contributed by atoms with Crippen LogP contribution in [0.5, 0.6) is 0 Å². The molecule has 152 valence electrons. The molecule has 0 radical (unpaired) electrons. The highest BCUT2D eigenvalue weighted by Gasteiger charge is 2.13. The molecule has 4 aromatic rings. The molecule has 0 saturated heterocycles. The number of benzene rings is 3.